The number of hydrogen-bond donors (Lipinski definition) is 0. The molecule has 1 fully saturated rings. The smallest absolute Gasteiger partial charge is 0.140 e. The Morgan fingerprint density at radius 2 is 1.90 bits per heavy atom. The Kier molecular flexibility index (Phi) is 4.70. The number of rotatable bonds is 4. The number of likely N-dealkylation sites (tertiary alicyclic amines) is 1. The first-order chi connectivity index (χ1) is 10.2. The zero-order valence-corrected chi connectivity index (χ0v) is 13.5. The van der Waals surface area contributed by atoms with Crippen molar-refractivity contribution in [3.05, 3.63) is 40.9 Å². The zero-order valence-electron chi connectivity index (χ0n) is 11.9. The number of hydrogen-bond acceptors (Lipinski definition) is 2. The van der Waals surface area contributed by atoms with Crippen molar-refractivity contribution in [2.75, 3.05) is 19.6 Å². The molecule has 3 nitrogen and oxygen atoms in total. The molecule has 0 atom stereocenters. The molecule has 5 heteroatoms. The van der Waals surface area contributed by atoms with Crippen LogP contribution in [0.1, 0.15) is 19.3 Å². The molecular weight excluding hydrogens is 333 g/mol. The summed E-state index contributed by atoms with van der Waals surface area (Å²) in [6.45, 7) is 4.30. The monoisotopic (exact) mass is 351 g/mol. The Labute approximate surface area is 132 Å². The quantitative estimate of drug-likeness (QED) is 0.831. The highest BCUT2D eigenvalue weighted by Crippen LogP contribution is 2.23. The molecule has 0 saturated carbocycles. The van der Waals surface area contributed by atoms with Crippen molar-refractivity contribution in [1.29, 1.82) is 0 Å². The average molecular weight is 352 g/mol. The van der Waals surface area contributed by atoms with Crippen LogP contribution in [0, 0.1) is 5.82 Å². The van der Waals surface area contributed by atoms with Crippen LogP contribution in [0.2, 0.25) is 0 Å². The summed E-state index contributed by atoms with van der Waals surface area (Å²) >= 11 is 3.34. The van der Waals surface area contributed by atoms with Gasteiger partial charge in [0.1, 0.15) is 11.6 Å². The highest BCUT2D eigenvalue weighted by molar-refractivity contribution is 9.10. The molecule has 112 valence electrons. The van der Waals surface area contributed by atoms with Gasteiger partial charge in [-0.05, 0) is 44.1 Å². The van der Waals surface area contributed by atoms with Crippen LogP contribution >= 0.6 is 15.9 Å². The van der Waals surface area contributed by atoms with Crippen molar-refractivity contribution < 1.29 is 4.39 Å². The minimum atomic E-state index is -0.245. The molecule has 0 aliphatic carbocycles. The lowest BCUT2D eigenvalue weighted by Crippen LogP contribution is -2.32. The molecule has 1 aromatic carbocycles. The number of piperidine rings is 1. The van der Waals surface area contributed by atoms with Gasteiger partial charge >= 0.3 is 0 Å². The van der Waals surface area contributed by atoms with Crippen molar-refractivity contribution in [3.63, 3.8) is 0 Å². The fourth-order valence-electron chi connectivity index (χ4n) is 2.87. The predicted molar refractivity (Wildman–Crippen MR) is 85.6 cm³/mol. The lowest BCUT2D eigenvalue weighted by atomic mass is 10.1. The van der Waals surface area contributed by atoms with Crippen molar-refractivity contribution in [1.82, 2.24) is 14.5 Å². The van der Waals surface area contributed by atoms with E-state index in [-0.39, 0.29) is 5.82 Å². The summed E-state index contributed by atoms with van der Waals surface area (Å²) in [4.78, 5) is 6.88. The maximum atomic E-state index is 13.6. The van der Waals surface area contributed by atoms with Crippen LogP contribution in [-0.2, 0) is 6.54 Å². The Morgan fingerprint density at radius 3 is 2.67 bits per heavy atom. The first-order valence-corrected chi connectivity index (χ1v) is 8.21. The summed E-state index contributed by atoms with van der Waals surface area (Å²) in [7, 11) is 0. The Balaban J connectivity index is 1.74. The Morgan fingerprint density at radius 1 is 1.10 bits per heavy atom. The predicted octanol–water partition coefficient (Wildman–Crippen LogP) is 3.94. The van der Waals surface area contributed by atoms with Gasteiger partial charge in [-0.25, -0.2) is 9.37 Å². The number of halogens is 2. The van der Waals surface area contributed by atoms with Gasteiger partial charge in [0.15, 0.2) is 0 Å². The third-order valence-corrected chi connectivity index (χ3v) is 4.40. The standard InChI is InChI=1S/C16H19BrFN3/c17-14-10-13(11-15(18)12-14)16-19-4-7-21(16)9-8-20-5-2-1-3-6-20/h4,7,10-12H,1-3,5-6,8-9H2. The van der Waals surface area contributed by atoms with E-state index in [4.69, 9.17) is 0 Å². The van der Waals surface area contributed by atoms with Gasteiger partial charge < -0.3 is 9.47 Å². The Hall–Kier alpha value is -1.20. The fourth-order valence-corrected chi connectivity index (χ4v) is 3.33. The van der Waals surface area contributed by atoms with Gasteiger partial charge in [-0.1, -0.05) is 22.4 Å². The van der Waals surface area contributed by atoms with Gasteiger partial charge in [-0.3, -0.25) is 0 Å². The highest BCUT2D eigenvalue weighted by atomic mass is 79.9. The van der Waals surface area contributed by atoms with E-state index in [1.165, 1.54) is 44.5 Å². The van der Waals surface area contributed by atoms with E-state index >= 15 is 0 Å². The molecule has 0 spiro atoms. The molecule has 21 heavy (non-hydrogen) atoms. The highest BCUT2D eigenvalue weighted by Gasteiger charge is 2.12. The minimum absolute atomic E-state index is 0.245. The maximum Gasteiger partial charge on any atom is 0.140 e. The van der Waals surface area contributed by atoms with Crippen molar-refractivity contribution in [2.24, 2.45) is 0 Å². The molecule has 2 aromatic rings. The molecule has 0 unspecified atom stereocenters. The lowest BCUT2D eigenvalue weighted by molar-refractivity contribution is 0.221. The molecule has 2 heterocycles. The van der Waals surface area contributed by atoms with Crippen LogP contribution in [0.5, 0.6) is 0 Å². The van der Waals surface area contributed by atoms with Crippen LogP contribution in [0.15, 0.2) is 35.1 Å². The van der Waals surface area contributed by atoms with Crippen molar-refractivity contribution in [2.45, 2.75) is 25.8 Å². The number of aromatic nitrogens is 2. The van der Waals surface area contributed by atoms with Crippen LogP contribution < -0.4 is 0 Å². The van der Waals surface area contributed by atoms with E-state index in [1.54, 1.807) is 6.20 Å². The normalized spacial score (nSPS) is 16.3. The van der Waals surface area contributed by atoms with E-state index in [1.807, 2.05) is 12.3 Å². The fraction of sp³-hybridized carbons (Fsp3) is 0.438. The van der Waals surface area contributed by atoms with Gasteiger partial charge in [0, 0.05) is 35.5 Å². The largest absolute Gasteiger partial charge is 0.330 e. The van der Waals surface area contributed by atoms with Crippen LogP contribution in [-0.4, -0.2) is 34.1 Å². The molecule has 0 amide bonds. The third-order valence-electron chi connectivity index (χ3n) is 3.94. The minimum Gasteiger partial charge on any atom is -0.330 e. The molecule has 1 aliphatic heterocycles. The number of imidazole rings is 1. The molecule has 1 saturated heterocycles. The molecule has 0 N–H and O–H groups in total. The second kappa shape index (κ2) is 6.71. The number of benzene rings is 1. The molecule has 0 radical (unpaired) electrons. The number of nitrogens with zero attached hydrogens (tertiary/aromatic N) is 3. The maximum absolute atomic E-state index is 13.6. The van der Waals surface area contributed by atoms with Crippen LogP contribution in [0.4, 0.5) is 4.39 Å². The van der Waals surface area contributed by atoms with Gasteiger partial charge in [-0.2, -0.15) is 0 Å². The lowest BCUT2D eigenvalue weighted by Gasteiger charge is -2.26. The third kappa shape index (κ3) is 3.71. The van der Waals surface area contributed by atoms with Gasteiger partial charge in [-0.15, -0.1) is 0 Å². The van der Waals surface area contributed by atoms with E-state index < -0.39 is 0 Å². The zero-order chi connectivity index (χ0) is 14.7. The average Bonchev–Trinajstić information content (AvgIpc) is 2.93. The second-order valence-corrected chi connectivity index (χ2v) is 6.42. The van der Waals surface area contributed by atoms with Crippen molar-refractivity contribution in [3.8, 4) is 11.4 Å². The molecule has 0 bridgehead atoms. The first-order valence-electron chi connectivity index (χ1n) is 7.42. The first kappa shape index (κ1) is 14.7. The summed E-state index contributed by atoms with van der Waals surface area (Å²) in [5.41, 5.74) is 0.811. The van der Waals surface area contributed by atoms with E-state index in [0.717, 1.165) is 29.0 Å². The van der Waals surface area contributed by atoms with Crippen molar-refractivity contribution >= 4 is 15.9 Å². The van der Waals surface area contributed by atoms with E-state index in [9.17, 15) is 4.39 Å². The molecular formula is C16H19BrFN3. The molecule has 1 aliphatic rings. The van der Waals surface area contributed by atoms with Gasteiger partial charge in [0.2, 0.25) is 0 Å². The molecule has 3 rings (SSSR count). The molecule has 1 aromatic heterocycles. The summed E-state index contributed by atoms with van der Waals surface area (Å²) in [5, 5.41) is 0. The summed E-state index contributed by atoms with van der Waals surface area (Å²) in [6.07, 6.45) is 7.70. The Bertz CT molecular complexity index is 585. The summed E-state index contributed by atoms with van der Waals surface area (Å²) < 4.78 is 16.4. The van der Waals surface area contributed by atoms with E-state index in [0.29, 0.717) is 0 Å². The van der Waals surface area contributed by atoms with E-state index in [2.05, 4.69) is 30.4 Å². The van der Waals surface area contributed by atoms with Crippen LogP contribution in [0.25, 0.3) is 11.4 Å². The van der Waals surface area contributed by atoms with Gasteiger partial charge in [0.25, 0.3) is 0 Å². The SMILES string of the molecule is Fc1cc(Br)cc(-c2nccn2CCN2CCCCC2)c1. The topological polar surface area (TPSA) is 21.1 Å². The second-order valence-electron chi connectivity index (χ2n) is 5.50. The summed E-state index contributed by atoms with van der Waals surface area (Å²) in [5.74, 6) is 0.581. The van der Waals surface area contributed by atoms with Gasteiger partial charge in [0.05, 0.1) is 0 Å². The summed E-state index contributed by atoms with van der Waals surface area (Å²) in [6, 6.07) is 4.90. The van der Waals surface area contributed by atoms with Crippen LogP contribution in [0.3, 0.4) is 0 Å².